The monoisotopic (exact) mass is 506 g/mol. The lowest BCUT2D eigenvalue weighted by atomic mass is 9.81. The zero-order chi connectivity index (χ0) is 27.0. The number of benzene rings is 3. The summed E-state index contributed by atoms with van der Waals surface area (Å²) in [7, 11) is 3.01. The molecule has 1 atom stereocenters. The number of methoxy groups -OCH3 is 2. The SMILES string of the molecule is CCCC[C@H](CC(=O)OC)c1ccc(OCc2ccc(C(C)(C)C)c(-c3cc(OC)ccc3F)c2)cc1. The second-order valence-corrected chi connectivity index (χ2v) is 10.5. The Morgan fingerprint density at radius 2 is 1.62 bits per heavy atom. The lowest BCUT2D eigenvalue weighted by molar-refractivity contribution is -0.141. The van der Waals surface area contributed by atoms with Crippen molar-refractivity contribution in [2.24, 2.45) is 0 Å². The number of unbranched alkanes of at least 4 members (excludes halogenated alkanes) is 1. The van der Waals surface area contributed by atoms with Crippen LogP contribution in [-0.4, -0.2) is 20.2 Å². The summed E-state index contributed by atoms with van der Waals surface area (Å²) in [5.41, 5.74) is 4.29. The van der Waals surface area contributed by atoms with Crippen molar-refractivity contribution in [3.05, 3.63) is 83.2 Å². The van der Waals surface area contributed by atoms with Crippen LogP contribution in [0, 0.1) is 5.82 Å². The van der Waals surface area contributed by atoms with Gasteiger partial charge in [0.05, 0.1) is 20.6 Å². The van der Waals surface area contributed by atoms with E-state index < -0.39 is 0 Å². The van der Waals surface area contributed by atoms with E-state index in [0.717, 1.165) is 47.3 Å². The lowest BCUT2D eigenvalue weighted by Crippen LogP contribution is -2.13. The molecule has 0 unspecified atom stereocenters. The summed E-state index contributed by atoms with van der Waals surface area (Å²) in [6.07, 6.45) is 3.45. The van der Waals surface area contributed by atoms with Gasteiger partial charge in [0.15, 0.2) is 0 Å². The average Bonchev–Trinajstić information content (AvgIpc) is 2.89. The highest BCUT2D eigenvalue weighted by Crippen LogP contribution is 2.37. The Labute approximate surface area is 220 Å². The van der Waals surface area contributed by atoms with E-state index in [9.17, 15) is 9.18 Å². The number of hydrogen-bond acceptors (Lipinski definition) is 4. The lowest BCUT2D eigenvalue weighted by Gasteiger charge is -2.24. The Morgan fingerprint density at radius 3 is 2.24 bits per heavy atom. The van der Waals surface area contributed by atoms with E-state index in [1.807, 2.05) is 36.4 Å². The molecule has 4 nitrogen and oxygen atoms in total. The summed E-state index contributed by atoms with van der Waals surface area (Å²) in [6, 6.07) is 18.8. The van der Waals surface area contributed by atoms with E-state index in [4.69, 9.17) is 14.2 Å². The second kappa shape index (κ2) is 12.8. The molecular formula is C32H39FO4. The zero-order valence-corrected chi connectivity index (χ0v) is 22.9. The minimum Gasteiger partial charge on any atom is -0.497 e. The molecule has 0 bridgehead atoms. The Balaban J connectivity index is 1.81. The van der Waals surface area contributed by atoms with Gasteiger partial charge in [-0.3, -0.25) is 4.79 Å². The highest BCUT2D eigenvalue weighted by Gasteiger charge is 2.22. The highest BCUT2D eigenvalue weighted by atomic mass is 19.1. The summed E-state index contributed by atoms with van der Waals surface area (Å²) in [4.78, 5) is 11.9. The van der Waals surface area contributed by atoms with Gasteiger partial charge in [0.25, 0.3) is 0 Å². The number of rotatable bonds is 11. The van der Waals surface area contributed by atoms with Crippen molar-refractivity contribution in [2.75, 3.05) is 14.2 Å². The van der Waals surface area contributed by atoms with Crippen molar-refractivity contribution in [1.82, 2.24) is 0 Å². The van der Waals surface area contributed by atoms with Crippen LogP contribution < -0.4 is 9.47 Å². The molecule has 37 heavy (non-hydrogen) atoms. The first-order valence-corrected chi connectivity index (χ1v) is 12.9. The average molecular weight is 507 g/mol. The molecule has 3 aromatic rings. The summed E-state index contributed by atoms with van der Waals surface area (Å²) in [5.74, 6) is 1.01. The minimum atomic E-state index is -0.287. The molecule has 0 fully saturated rings. The normalized spacial score (nSPS) is 12.2. The number of halogens is 1. The molecule has 0 amide bonds. The van der Waals surface area contributed by atoms with Gasteiger partial charge >= 0.3 is 5.97 Å². The molecule has 5 heteroatoms. The first-order chi connectivity index (χ1) is 17.7. The molecule has 0 aliphatic heterocycles. The van der Waals surface area contributed by atoms with E-state index >= 15 is 0 Å². The van der Waals surface area contributed by atoms with Crippen LogP contribution in [0.4, 0.5) is 4.39 Å². The molecule has 0 aliphatic rings. The van der Waals surface area contributed by atoms with Crippen molar-refractivity contribution >= 4 is 5.97 Å². The largest absolute Gasteiger partial charge is 0.497 e. The predicted molar refractivity (Wildman–Crippen MR) is 147 cm³/mol. The van der Waals surface area contributed by atoms with Crippen LogP contribution in [0.25, 0.3) is 11.1 Å². The molecule has 0 aromatic heterocycles. The molecule has 0 aliphatic carbocycles. The van der Waals surface area contributed by atoms with Gasteiger partial charge in [-0.25, -0.2) is 4.39 Å². The molecular weight excluding hydrogens is 467 g/mol. The topological polar surface area (TPSA) is 44.8 Å². The van der Waals surface area contributed by atoms with Crippen molar-refractivity contribution in [3.8, 4) is 22.6 Å². The highest BCUT2D eigenvalue weighted by molar-refractivity contribution is 5.72. The molecule has 198 valence electrons. The van der Waals surface area contributed by atoms with Crippen LogP contribution in [0.3, 0.4) is 0 Å². The van der Waals surface area contributed by atoms with Gasteiger partial charge in [-0.05, 0) is 76.4 Å². The molecule has 0 heterocycles. The Kier molecular flexibility index (Phi) is 9.73. The van der Waals surface area contributed by atoms with Crippen LogP contribution in [-0.2, 0) is 21.6 Å². The molecule has 0 spiro atoms. The van der Waals surface area contributed by atoms with E-state index in [0.29, 0.717) is 24.3 Å². The Hall–Kier alpha value is -3.34. The molecule has 0 saturated heterocycles. The third-order valence-electron chi connectivity index (χ3n) is 6.66. The summed E-state index contributed by atoms with van der Waals surface area (Å²) >= 11 is 0. The van der Waals surface area contributed by atoms with Gasteiger partial charge in [0, 0.05) is 5.56 Å². The Morgan fingerprint density at radius 1 is 0.919 bits per heavy atom. The summed E-state index contributed by atoms with van der Waals surface area (Å²) < 4.78 is 31.2. The van der Waals surface area contributed by atoms with E-state index in [2.05, 4.69) is 33.8 Å². The molecule has 3 aromatic carbocycles. The first-order valence-electron chi connectivity index (χ1n) is 12.9. The summed E-state index contributed by atoms with van der Waals surface area (Å²) in [6.45, 7) is 8.86. The van der Waals surface area contributed by atoms with Gasteiger partial charge < -0.3 is 14.2 Å². The third kappa shape index (κ3) is 7.58. The van der Waals surface area contributed by atoms with Crippen LogP contribution in [0.15, 0.2) is 60.7 Å². The number of ether oxygens (including phenoxy) is 3. The van der Waals surface area contributed by atoms with Gasteiger partial charge in [0.1, 0.15) is 23.9 Å². The van der Waals surface area contributed by atoms with Gasteiger partial charge in [0.2, 0.25) is 0 Å². The maximum Gasteiger partial charge on any atom is 0.306 e. The van der Waals surface area contributed by atoms with Crippen LogP contribution in [0.1, 0.15) is 76.0 Å². The van der Waals surface area contributed by atoms with E-state index in [-0.39, 0.29) is 23.1 Å². The van der Waals surface area contributed by atoms with Gasteiger partial charge in [-0.2, -0.15) is 0 Å². The fourth-order valence-electron chi connectivity index (χ4n) is 4.52. The maximum atomic E-state index is 14.9. The second-order valence-electron chi connectivity index (χ2n) is 10.5. The smallest absolute Gasteiger partial charge is 0.306 e. The third-order valence-corrected chi connectivity index (χ3v) is 6.66. The fourth-order valence-corrected chi connectivity index (χ4v) is 4.52. The van der Waals surface area contributed by atoms with Gasteiger partial charge in [-0.1, -0.05) is 64.8 Å². The minimum absolute atomic E-state index is 0.131. The Bertz CT molecular complexity index is 1180. The first kappa shape index (κ1) is 28.2. The van der Waals surface area contributed by atoms with Crippen LogP contribution >= 0.6 is 0 Å². The summed E-state index contributed by atoms with van der Waals surface area (Å²) in [5, 5.41) is 0. The standard InChI is InChI=1S/C32H39FO4/c1-7-8-9-24(19-31(34)36-6)23-11-13-25(14-12-23)37-21-22-10-16-29(32(2,3)4)27(18-22)28-20-26(35-5)15-17-30(28)33/h10-18,20,24H,7-9,19,21H2,1-6H3/t24-/m1/s1. The number of carbonyl (C=O) groups is 1. The van der Waals surface area contributed by atoms with Crippen molar-refractivity contribution in [1.29, 1.82) is 0 Å². The van der Waals surface area contributed by atoms with E-state index in [1.165, 1.54) is 13.2 Å². The van der Waals surface area contributed by atoms with Crippen LogP contribution in [0.2, 0.25) is 0 Å². The van der Waals surface area contributed by atoms with Crippen molar-refractivity contribution in [3.63, 3.8) is 0 Å². The molecule has 0 radical (unpaired) electrons. The zero-order valence-electron chi connectivity index (χ0n) is 22.9. The van der Waals surface area contributed by atoms with Crippen LogP contribution in [0.5, 0.6) is 11.5 Å². The number of hydrogen-bond donors (Lipinski definition) is 0. The number of esters is 1. The van der Waals surface area contributed by atoms with Crippen molar-refractivity contribution in [2.45, 2.75) is 71.3 Å². The predicted octanol–water partition coefficient (Wildman–Crippen LogP) is 8.21. The quantitative estimate of drug-likeness (QED) is 0.246. The fraction of sp³-hybridized carbons (Fsp3) is 0.406. The maximum absolute atomic E-state index is 14.9. The molecule has 0 saturated carbocycles. The molecule has 0 N–H and O–H groups in total. The van der Waals surface area contributed by atoms with Gasteiger partial charge in [-0.15, -0.1) is 0 Å². The number of carbonyl (C=O) groups excluding carboxylic acids is 1. The molecule has 3 rings (SSSR count). The van der Waals surface area contributed by atoms with E-state index in [1.54, 1.807) is 19.2 Å². The van der Waals surface area contributed by atoms with Crippen molar-refractivity contribution < 1.29 is 23.4 Å².